The van der Waals surface area contributed by atoms with Crippen molar-refractivity contribution >= 4 is 63.1 Å². The van der Waals surface area contributed by atoms with Crippen LogP contribution in [0, 0.1) is 5.92 Å². The fraction of sp³-hybridized carbons (Fsp3) is 0.154. The van der Waals surface area contributed by atoms with Crippen LogP contribution < -0.4 is 15.5 Å². The molecule has 4 heteroatoms. The summed E-state index contributed by atoms with van der Waals surface area (Å²) in [5.74, 6) is 0.536. The molecule has 10 rings (SSSR count). The molecule has 274 valence electrons. The van der Waals surface area contributed by atoms with Gasteiger partial charge in [0.2, 0.25) is 0 Å². The molecule has 0 spiro atoms. The largest absolute Gasteiger partial charge is 0.357 e. The summed E-state index contributed by atoms with van der Waals surface area (Å²) < 4.78 is 0. The number of fused-ring (bicyclic) bond motifs is 6. The predicted molar refractivity (Wildman–Crippen MR) is 242 cm³/mol. The molecular weight excluding hydrogens is 699 g/mol. The van der Waals surface area contributed by atoms with Crippen LogP contribution in [0.25, 0.3) is 34.1 Å². The average molecular weight is 744 g/mol. The molecule has 6 aromatic rings. The van der Waals surface area contributed by atoms with Gasteiger partial charge in [0, 0.05) is 32.8 Å². The van der Waals surface area contributed by atoms with Crippen LogP contribution in [0.2, 0.25) is 0 Å². The fourth-order valence-corrected chi connectivity index (χ4v) is 10.3. The number of hydrogen-bond acceptors (Lipinski definition) is 4. The first kappa shape index (κ1) is 34.5. The Bertz CT molecular complexity index is 2680. The highest BCUT2D eigenvalue weighted by Gasteiger charge is 2.36. The third kappa shape index (κ3) is 6.09. The Balaban J connectivity index is 0.933. The maximum Gasteiger partial charge on any atom is 0.0683 e. The summed E-state index contributed by atoms with van der Waals surface area (Å²) in [6.07, 6.45) is 21.3. The maximum absolute atomic E-state index is 3.75. The number of thioether (sulfide) groups is 1. The van der Waals surface area contributed by atoms with Gasteiger partial charge in [-0.1, -0.05) is 148 Å². The van der Waals surface area contributed by atoms with E-state index in [2.05, 4.69) is 212 Å². The monoisotopic (exact) mass is 743 g/mol. The van der Waals surface area contributed by atoms with E-state index in [0.29, 0.717) is 11.2 Å². The van der Waals surface area contributed by atoms with Gasteiger partial charge >= 0.3 is 0 Å². The summed E-state index contributed by atoms with van der Waals surface area (Å²) in [5.41, 5.74) is 14.7. The van der Waals surface area contributed by atoms with Crippen molar-refractivity contribution in [3.63, 3.8) is 0 Å². The molecule has 3 atom stereocenters. The van der Waals surface area contributed by atoms with Crippen molar-refractivity contribution in [2.24, 2.45) is 5.92 Å². The van der Waals surface area contributed by atoms with Crippen molar-refractivity contribution in [2.45, 2.75) is 48.8 Å². The first-order valence-corrected chi connectivity index (χ1v) is 20.7. The van der Waals surface area contributed by atoms with Gasteiger partial charge in [0.05, 0.1) is 28.4 Å². The smallest absolute Gasteiger partial charge is 0.0683 e. The van der Waals surface area contributed by atoms with Crippen molar-refractivity contribution in [2.75, 3.05) is 15.5 Å². The number of hydrogen-bond donors (Lipinski definition) is 2. The normalized spacial score (nSPS) is 20.0. The zero-order valence-electron chi connectivity index (χ0n) is 32.0. The SMILES string of the molecule is CC1C=CC=C(Nc2ccccc2Nc2ccc3c(c2)C(C)(C)c2cc(/C=C/c4cccc5c(N6c7ccccc7SC7C=CC=CC76)cccc45)ccc2-3)C1. The number of rotatable bonds is 7. The highest BCUT2D eigenvalue weighted by atomic mass is 32.2. The molecule has 0 saturated heterocycles. The molecule has 0 bridgehead atoms. The predicted octanol–water partition coefficient (Wildman–Crippen LogP) is 14.1. The Morgan fingerprint density at radius 3 is 2.27 bits per heavy atom. The summed E-state index contributed by atoms with van der Waals surface area (Å²) in [5, 5.41) is 10.3. The van der Waals surface area contributed by atoms with Crippen molar-refractivity contribution in [1.82, 2.24) is 0 Å². The van der Waals surface area contributed by atoms with Gasteiger partial charge in [-0.2, -0.15) is 0 Å². The Morgan fingerprint density at radius 1 is 0.661 bits per heavy atom. The van der Waals surface area contributed by atoms with Gasteiger partial charge in [-0.15, -0.1) is 11.8 Å². The molecule has 0 fully saturated rings. The van der Waals surface area contributed by atoms with Crippen LogP contribution in [0.1, 0.15) is 49.4 Å². The number of benzene rings is 6. The van der Waals surface area contributed by atoms with Gasteiger partial charge in [0.15, 0.2) is 0 Å². The van der Waals surface area contributed by atoms with Gasteiger partial charge < -0.3 is 15.5 Å². The summed E-state index contributed by atoms with van der Waals surface area (Å²) in [6.45, 7) is 6.98. The van der Waals surface area contributed by atoms with E-state index in [4.69, 9.17) is 0 Å². The number of para-hydroxylation sites is 3. The number of nitrogens with zero attached hydrogens (tertiary/aromatic N) is 1. The third-order valence-corrected chi connectivity index (χ3v) is 13.2. The second kappa shape index (κ2) is 14.0. The Morgan fingerprint density at radius 2 is 1.39 bits per heavy atom. The molecular formula is C52H45N3S. The lowest BCUT2D eigenvalue weighted by molar-refractivity contribution is 0.660. The van der Waals surface area contributed by atoms with Gasteiger partial charge in [0.25, 0.3) is 0 Å². The third-order valence-electron chi connectivity index (χ3n) is 11.9. The van der Waals surface area contributed by atoms with E-state index >= 15 is 0 Å². The molecule has 4 aliphatic rings. The zero-order valence-corrected chi connectivity index (χ0v) is 32.9. The number of anilines is 5. The molecule has 0 radical (unpaired) electrons. The second-order valence-corrected chi connectivity index (χ2v) is 17.2. The Hall–Kier alpha value is -5.97. The number of allylic oxidation sites excluding steroid dienone is 6. The van der Waals surface area contributed by atoms with Crippen molar-refractivity contribution in [3.8, 4) is 11.1 Å². The van der Waals surface area contributed by atoms with E-state index < -0.39 is 0 Å². The first-order chi connectivity index (χ1) is 27.4. The van der Waals surface area contributed by atoms with Gasteiger partial charge in [-0.3, -0.25) is 0 Å². The van der Waals surface area contributed by atoms with Crippen molar-refractivity contribution < 1.29 is 0 Å². The Labute approximate surface area is 334 Å². The lowest BCUT2D eigenvalue weighted by atomic mass is 9.82. The van der Waals surface area contributed by atoms with Crippen LogP contribution in [0.15, 0.2) is 174 Å². The molecule has 1 heterocycles. The fourth-order valence-electron chi connectivity index (χ4n) is 9.03. The van der Waals surface area contributed by atoms with Crippen molar-refractivity contribution in [3.05, 3.63) is 192 Å². The summed E-state index contributed by atoms with van der Waals surface area (Å²) in [6, 6.07) is 44.9. The highest BCUT2D eigenvalue weighted by Crippen LogP contribution is 2.51. The van der Waals surface area contributed by atoms with Gasteiger partial charge in [-0.05, 0) is 99.6 Å². The molecule has 6 aromatic carbocycles. The molecule has 1 aliphatic heterocycles. The maximum atomic E-state index is 3.75. The number of nitrogens with one attached hydrogen (secondary N) is 2. The van der Waals surface area contributed by atoms with Crippen LogP contribution in [0.4, 0.5) is 28.4 Å². The molecule has 0 amide bonds. The van der Waals surface area contributed by atoms with E-state index in [-0.39, 0.29) is 11.5 Å². The van der Waals surface area contributed by atoms with E-state index in [1.54, 1.807) is 0 Å². The zero-order chi connectivity index (χ0) is 37.8. The minimum absolute atomic E-state index is 0.142. The molecule has 2 N–H and O–H groups in total. The van der Waals surface area contributed by atoms with Crippen LogP contribution >= 0.6 is 11.8 Å². The lowest BCUT2D eigenvalue weighted by Gasteiger charge is -2.42. The van der Waals surface area contributed by atoms with Crippen LogP contribution in [0.5, 0.6) is 0 Å². The lowest BCUT2D eigenvalue weighted by Crippen LogP contribution is -2.41. The molecule has 3 unspecified atom stereocenters. The second-order valence-electron chi connectivity index (χ2n) is 16.0. The summed E-state index contributed by atoms with van der Waals surface area (Å²) in [7, 11) is 0. The quantitative estimate of drug-likeness (QED) is 0.159. The van der Waals surface area contributed by atoms with Crippen LogP contribution in [-0.2, 0) is 5.41 Å². The topological polar surface area (TPSA) is 27.3 Å². The van der Waals surface area contributed by atoms with E-state index in [1.807, 2.05) is 11.8 Å². The molecule has 0 aromatic heterocycles. The van der Waals surface area contributed by atoms with E-state index in [9.17, 15) is 0 Å². The summed E-state index contributed by atoms with van der Waals surface area (Å²) >= 11 is 1.96. The van der Waals surface area contributed by atoms with Crippen LogP contribution in [-0.4, -0.2) is 11.3 Å². The molecule has 0 saturated carbocycles. The summed E-state index contributed by atoms with van der Waals surface area (Å²) in [4.78, 5) is 3.88. The first-order valence-electron chi connectivity index (χ1n) is 19.8. The highest BCUT2D eigenvalue weighted by molar-refractivity contribution is 8.00. The minimum atomic E-state index is -0.142. The van der Waals surface area contributed by atoms with Gasteiger partial charge in [-0.25, -0.2) is 0 Å². The van der Waals surface area contributed by atoms with Gasteiger partial charge in [0.1, 0.15) is 0 Å². The van der Waals surface area contributed by atoms with E-state index in [1.165, 1.54) is 66.1 Å². The Kier molecular flexibility index (Phi) is 8.60. The average Bonchev–Trinajstić information content (AvgIpc) is 3.44. The molecule has 3 aliphatic carbocycles. The molecule has 3 nitrogen and oxygen atoms in total. The molecule has 56 heavy (non-hydrogen) atoms. The minimum Gasteiger partial charge on any atom is -0.357 e. The van der Waals surface area contributed by atoms with E-state index in [0.717, 1.165) is 23.5 Å². The van der Waals surface area contributed by atoms with Crippen LogP contribution in [0.3, 0.4) is 0 Å². The van der Waals surface area contributed by atoms with Crippen molar-refractivity contribution in [1.29, 1.82) is 0 Å². The standard InChI is InChI=1S/C52H45N3S/c1-34-13-10-15-37(31-34)53-45-18-4-5-19-46(45)54-38-28-30-41-40-29-26-35(32-43(40)52(2,3)44(41)33-38)25-27-36-14-11-17-42-39(36)16-12-22-47(42)55-48-20-6-8-23-50(48)56-51-24-9-7-21-49(51)55/h4-30,32-34,48,50,53-54H,31H2,1-3H3/b27-25+.